The van der Waals surface area contributed by atoms with Crippen LogP contribution in [0.25, 0.3) is 0 Å². The van der Waals surface area contributed by atoms with Gasteiger partial charge in [-0.15, -0.1) is 0 Å². The maximum atomic E-state index is 13.5. The first-order chi connectivity index (χ1) is 13.2. The van der Waals surface area contributed by atoms with E-state index in [0.717, 1.165) is 18.0 Å². The molecule has 0 N–H and O–H groups in total. The predicted molar refractivity (Wildman–Crippen MR) is 95.8 cm³/mol. The van der Waals surface area contributed by atoms with E-state index < -0.39 is 11.2 Å². The molecule has 1 amide bonds. The normalized spacial score (nSPS) is 21.8. The molecule has 2 aromatic rings. The Balaban J connectivity index is 1.48. The number of nitrogens with zero attached hydrogens (tertiary/aromatic N) is 3. The highest BCUT2D eigenvalue weighted by molar-refractivity contribution is 5.88. The summed E-state index contributed by atoms with van der Waals surface area (Å²) >= 11 is 0. The molecule has 4 rings (SSSR count). The number of carbonyl (C=O) groups is 1. The second kappa shape index (κ2) is 7.60. The molecule has 3 heterocycles. The lowest BCUT2D eigenvalue weighted by molar-refractivity contribution is -0.140. The van der Waals surface area contributed by atoms with E-state index in [1.165, 1.54) is 0 Å². The summed E-state index contributed by atoms with van der Waals surface area (Å²) in [5.41, 5.74) is 0.505. The molecule has 6 nitrogen and oxygen atoms in total. The largest absolute Gasteiger partial charge is 0.458 e. The van der Waals surface area contributed by atoms with Crippen LogP contribution in [0.2, 0.25) is 0 Å². The van der Waals surface area contributed by atoms with Gasteiger partial charge in [0.05, 0.1) is 24.4 Å². The quantitative estimate of drug-likeness (QED) is 0.825. The summed E-state index contributed by atoms with van der Waals surface area (Å²) in [5, 5.41) is 0. The molecule has 0 spiro atoms. The third-order valence-corrected chi connectivity index (χ3v) is 5.38. The Labute approximate surface area is 157 Å². The van der Waals surface area contributed by atoms with E-state index in [9.17, 15) is 9.18 Å². The van der Waals surface area contributed by atoms with Crippen molar-refractivity contribution in [2.24, 2.45) is 0 Å². The van der Waals surface area contributed by atoms with Gasteiger partial charge in [-0.1, -0.05) is 30.3 Å². The number of aromatic nitrogens is 2. The molecule has 0 aliphatic carbocycles. The highest BCUT2D eigenvalue weighted by Crippen LogP contribution is 2.37. The topological polar surface area (TPSA) is 64.6 Å². The second-order valence-electron chi connectivity index (χ2n) is 7.02. The Morgan fingerprint density at radius 1 is 1.19 bits per heavy atom. The summed E-state index contributed by atoms with van der Waals surface area (Å²) < 4.78 is 24.2. The van der Waals surface area contributed by atoms with Crippen molar-refractivity contribution in [2.75, 3.05) is 26.3 Å². The predicted octanol–water partition coefficient (Wildman–Crippen LogP) is 2.34. The zero-order valence-electron chi connectivity index (χ0n) is 15.0. The fourth-order valence-electron chi connectivity index (χ4n) is 3.92. The zero-order chi connectivity index (χ0) is 18.7. The zero-order valence-corrected chi connectivity index (χ0v) is 15.0. The average molecular weight is 371 g/mol. The molecular formula is C20H22FN3O3. The fraction of sp³-hybridized carbons (Fsp3) is 0.450. The van der Waals surface area contributed by atoms with Gasteiger partial charge in [0.2, 0.25) is 5.91 Å². The van der Waals surface area contributed by atoms with Crippen molar-refractivity contribution < 1.29 is 18.7 Å². The van der Waals surface area contributed by atoms with Gasteiger partial charge < -0.3 is 14.4 Å². The van der Waals surface area contributed by atoms with E-state index in [4.69, 9.17) is 9.47 Å². The maximum absolute atomic E-state index is 13.5. The van der Waals surface area contributed by atoms with Gasteiger partial charge in [0.1, 0.15) is 6.10 Å². The molecule has 2 aliphatic rings. The van der Waals surface area contributed by atoms with Crippen LogP contribution in [0.4, 0.5) is 4.39 Å². The lowest BCUT2D eigenvalue weighted by Crippen LogP contribution is -2.49. The lowest BCUT2D eigenvalue weighted by Gasteiger charge is -2.39. The Kier molecular flexibility index (Phi) is 5.03. The molecule has 1 atom stereocenters. The molecule has 0 saturated carbocycles. The summed E-state index contributed by atoms with van der Waals surface area (Å²) in [6.45, 7) is 2.27. The van der Waals surface area contributed by atoms with E-state index in [1.54, 1.807) is 0 Å². The molecule has 2 fully saturated rings. The number of hydrogen-bond donors (Lipinski definition) is 0. The summed E-state index contributed by atoms with van der Waals surface area (Å²) in [6, 6.07) is 10.1. The van der Waals surface area contributed by atoms with E-state index in [2.05, 4.69) is 9.97 Å². The van der Waals surface area contributed by atoms with E-state index in [1.807, 2.05) is 35.2 Å². The molecule has 0 unspecified atom stereocenters. The van der Waals surface area contributed by atoms with E-state index in [0.29, 0.717) is 45.6 Å². The third kappa shape index (κ3) is 3.64. The Morgan fingerprint density at radius 3 is 2.59 bits per heavy atom. The third-order valence-electron chi connectivity index (χ3n) is 5.38. The summed E-state index contributed by atoms with van der Waals surface area (Å²) in [6.07, 6.45) is 4.03. The fourth-order valence-corrected chi connectivity index (χ4v) is 3.92. The molecule has 2 saturated heterocycles. The molecule has 0 radical (unpaired) electrons. The SMILES string of the molecule is O=C(N1CC[C@@H](Oc2ncc(F)cn2)C1)C1(c2ccccc2)CCOCC1. The number of amides is 1. The van der Waals surface area contributed by atoms with Gasteiger partial charge in [0.15, 0.2) is 5.82 Å². The van der Waals surface area contributed by atoms with Crippen molar-refractivity contribution in [3.63, 3.8) is 0 Å². The van der Waals surface area contributed by atoms with Crippen molar-refractivity contribution >= 4 is 5.91 Å². The van der Waals surface area contributed by atoms with Gasteiger partial charge in [-0.3, -0.25) is 4.79 Å². The first-order valence-corrected chi connectivity index (χ1v) is 9.24. The highest BCUT2D eigenvalue weighted by Gasteiger charge is 2.45. The van der Waals surface area contributed by atoms with Crippen molar-refractivity contribution in [3.8, 4) is 6.01 Å². The molecule has 142 valence electrons. The number of benzene rings is 1. The Hall–Kier alpha value is -2.54. The molecule has 7 heteroatoms. The number of ether oxygens (including phenoxy) is 2. The van der Waals surface area contributed by atoms with Gasteiger partial charge in [0, 0.05) is 26.2 Å². The van der Waals surface area contributed by atoms with E-state index >= 15 is 0 Å². The molecule has 1 aromatic carbocycles. The molecule has 27 heavy (non-hydrogen) atoms. The van der Waals surface area contributed by atoms with Crippen LogP contribution in [0.1, 0.15) is 24.8 Å². The van der Waals surface area contributed by atoms with Gasteiger partial charge in [-0.25, -0.2) is 14.4 Å². The van der Waals surface area contributed by atoms with Gasteiger partial charge in [-0.05, 0) is 18.4 Å². The summed E-state index contributed by atoms with van der Waals surface area (Å²) in [4.78, 5) is 23.0. The monoisotopic (exact) mass is 371 g/mol. The van der Waals surface area contributed by atoms with Crippen molar-refractivity contribution in [1.29, 1.82) is 0 Å². The molecule has 1 aromatic heterocycles. The van der Waals surface area contributed by atoms with Crippen LogP contribution < -0.4 is 4.74 Å². The number of rotatable bonds is 4. The standard InChI is InChI=1S/C20H22FN3O3/c21-16-12-22-19(23-13-16)27-17-6-9-24(14-17)18(25)20(7-10-26-11-8-20)15-4-2-1-3-5-15/h1-5,12-13,17H,6-11,14H2/t17-/m1/s1. The van der Waals surface area contributed by atoms with Crippen LogP contribution in [-0.2, 0) is 14.9 Å². The molecular weight excluding hydrogens is 349 g/mol. The molecule has 0 bridgehead atoms. The summed E-state index contributed by atoms with van der Waals surface area (Å²) in [5.74, 6) is -0.377. The van der Waals surface area contributed by atoms with E-state index in [-0.39, 0.29) is 18.0 Å². The number of halogens is 1. The number of carbonyl (C=O) groups excluding carboxylic acids is 1. The molecule has 2 aliphatic heterocycles. The van der Waals surface area contributed by atoms with Crippen LogP contribution in [0.5, 0.6) is 6.01 Å². The number of hydrogen-bond acceptors (Lipinski definition) is 5. The van der Waals surface area contributed by atoms with Crippen molar-refractivity contribution in [2.45, 2.75) is 30.8 Å². The first-order valence-electron chi connectivity index (χ1n) is 9.24. The van der Waals surface area contributed by atoms with Crippen LogP contribution in [0.15, 0.2) is 42.7 Å². The Bertz CT molecular complexity index is 779. The Morgan fingerprint density at radius 2 is 1.89 bits per heavy atom. The van der Waals surface area contributed by atoms with Crippen LogP contribution in [0.3, 0.4) is 0 Å². The van der Waals surface area contributed by atoms with Gasteiger partial charge >= 0.3 is 6.01 Å². The van der Waals surface area contributed by atoms with Crippen LogP contribution in [0, 0.1) is 5.82 Å². The lowest BCUT2D eigenvalue weighted by atomic mass is 9.73. The van der Waals surface area contributed by atoms with Crippen molar-refractivity contribution in [3.05, 3.63) is 54.1 Å². The first kappa shape index (κ1) is 17.9. The average Bonchev–Trinajstić information content (AvgIpc) is 3.19. The van der Waals surface area contributed by atoms with Crippen LogP contribution >= 0.6 is 0 Å². The van der Waals surface area contributed by atoms with Crippen LogP contribution in [-0.4, -0.2) is 53.2 Å². The van der Waals surface area contributed by atoms with Gasteiger partial charge in [-0.2, -0.15) is 0 Å². The highest BCUT2D eigenvalue weighted by atomic mass is 19.1. The minimum Gasteiger partial charge on any atom is -0.458 e. The minimum absolute atomic E-state index is 0.128. The second-order valence-corrected chi connectivity index (χ2v) is 7.02. The summed E-state index contributed by atoms with van der Waals surface area (Å²) in [7, 11) is 0. The minimum atomic E-state index is -0.541. The maximum Gasteiger partial charge on any atom is 0.316 e. The number of likely N-dealkylation sites (tertiary alicyclic amines) is 1. The van der Waals surface area contributed by atoms with Gasteiger partial charge in [0.25, 0.3) is 0 Å². The smallest absolute Gasteiger partial charge is 0.316 e. The van der Waals surface area contributed by atoms with Crippen molar-refractivity contribution in [1.82, 2.24) is 14.9 Å².